The molecule has 1 heterocycles. The molecule has 1 fully saturated rings. The fourth-order valence-corrected chi connectivity index (χ4v) is 2.37. The van der Waals surface area contributed by atoms with Crippen molar-refractivity contribution in [2.75, 3.05) is 0 Å². The summed E-state index contributed by atoms with van der Waals surface area (Å²) in [6.45, 7) is 7.62. The second-order valence-corrected chi connectivity index (χ2v) is 6.75. The molecule has 1 saturated carbocycles. The van der Waals surface area contributed by atoms with Crippen LogP contribution in [0, 0.1) is 0 Å². The number of rotatable bonds is 4. The van der Waals surface area contributed by atoms with Gasteiger partial charge in [-0.25, -0.2) is 0 Å². The Morgan fingerprint density at radius 3 is 2.50 bits per heavy atom. The second kappa shape index (κ2) is 5.06. The summed E-state index contributed by atoms with van der Waals surface area (Å²) >= 11 is 0. The van der Waals surface area contributed by atoms with Crippen LogP contribution in [-0.2, 0) is 12.0 Å². The zero-order valence-electron chi connectivity index (χ0n) is 12.5. The van der Waals surface area contributed by atoms with Gasteiger partial charge in [0.2, 0.25) is 0 Å². The summed E-state index contributed by atoms with van der Waals surface area (Å²) in [5, 5.41) is 10.9. The van der Waals surface area contributed by atoms with Gasteiger partial charge >= 0.3 is 0 Å². The van der Waals surface area contributed by atoms with Gasteiger partial charge in [-0.05, 0) is 29.4 Å². The van der Waals surface area contributed by atoms with E-state index in [-0.39, 0.29) is 5.41 Å². The van der Waals surface area contributed by atoms with E-state index in [1.807, 2.05) is 6.20 Å². The molecule has 1 aliphatic rings. The van der Waals surface area contributed by atoms with Gasteiger partial charge in [0, 0.05) is 18.2 Å². The Morgan fingerprint density at radius 2 is 1.90 bits per heavy atom. The molecule has 2 aromatic rings. The normalized spacial score (nSPS) is 15.6. The number of aromatic nitrogens is 2. The van der Waals surface area contributed by atoms with Crippen molar-refractivity contribution < 1.29 is 0 Å². The lowest BCUT2D eigenvalue weighted by atomic mass is 9.86. The van der Waals surface area contributed by atoms with E-state index in [4.69, 9.17) is 0 Å². The molecule has 0 spiro atoms. The number of nitrogens with one attached hydrogen (secondary N) is 2. The molecule has 106 valence electrons. The van der Waals surface area contributed by atoms with E-state index in [1.54, 1.807) is 0 Å². The van der Waals surface area contributed by atoms with Crippen molar-refractivity contribution in [3.8, 4) is 11.3 Å². The summed E-state index contributed by atoms with van der Waals surface area (Å²) in [5.74, 6) is 0. The quantitative estimate of drug-likeness (QED) is 0.890. The first-order valence-corrected chi connectivity index (χ1v) is 7.40. The topological polar surface area (TPSA) is 40.7 Å². The van der Waals surface area contributed by atoms with Crippen LogP contribution in [0.3, 0.4) is 0 Å². The lowest BCUT2D eigenvalue weighted by Gasteiger charge is -2.19. The molecule has 3 heteroatoms. The minimum absolute atomic E-state index is 0.197. The third-order valence-corrected chi connectivity index (χ3v) is 3.92. The van der Waals surface area contributed by atoms with Crippen LogP contribution in [-0.4, -0.2) is 16.2 Å². The van der Waals surface area contributed by atoms with Crippen molar-refractivity contribution in [3.63, 3.8) is 0 Å². The Labute approximate surface area is 120 Å². The third kappa shape index (κ3) is 2.93. The molecule has 0 atom stereocenters. The Morgan fingerprint density at radius 1 is 1.20 bits per heavy atom. The van der Waals surface area contributed by atoms with E-state index in [9.17, 15) is 0 Å². The molecule has 0 bridgehead atoms. The minimum Gasteiger partial charge on any atom is -0.310 e. The Kier molecular flexibility index (Phi) is 3.38. The Hall–Kier alpha value is -1.61. The summed E-state index contributed by atoms with van der Waals surface area (Å²) in [4.78, 5) is 0. The average Bonchev–Trinajstić information content (AvgIpc) is 3.12. The van der Waals surface area contributed by atoms with Crippen LogP contribution in [0.25, 0.3) is 11.3 Å². The van der Waals surface area contributed by atoms with E-state index in [2.05, 4.69) is 60.6 Å². The van der Waals surface area contributed by atoms with Crippen LogP contribution in [0.2, 0.25) is 0 Å². The van der Waals surface area contributed by atoms with Gasteiger partial charge in [-0.3, -0.25) is 5.10 Å². The first-order chi connectivity index (χ1) is 9.54. The molecule has 20 heavy (non-hydrogen) atoms. The van der Waals surface area contributed by atoms with Gasteiger partial charge in [-0.1, -0.05) is 45.0 Å². The van der Waals surface area contributed by atoms with E-state index in [0.717, 1.165) is 18.3 Å². The standard InChI is InChI=1S/C17H23N3/c1-17(2,3)14-6-4-12(5-7-14)16-13(11-19-20-16)10-18-15-8-9-15/h4-7,11,15,18H,8-10H2,1-3H3,(H,19,20). The molecular formula is C17H23N3. The van der Waals surface area contributed by atoms with Crippen molar-refractivity contribution in [1.29, 1.82) is 0 Å². The van der Waals surface area contributed by atoms with Crippen LogP contribution >= 0.6 is 0 Å². The number of hydrogen-bond donors (Lipinski definition) is 2. The summed E-state index contributed by atoms with van der Waals surface area (Å²) in [5.41, 5.74) is 5.16. The van der Waals surface area contributed by atoms with Gasteiger partial charge in [0.1, 0.15) is 0 Å². The zero-order valence-corrected chi connectivity index (χ0v) is 12.5. The highest BCUT2D eigenvalue weighted by molar-refractivity contribution is 5.63. The van der Waals surface area contributed by atoms with E-state index >= 15 is 0 Å². The molecule has 3 rings (SSSR count). The highest BCUT2D eigenvalue weighted by Crippen LogP contribution is 2.27. The smallest absolute Gasteiger partial charge is 0.0695 e. The highest BCUT2D eigenvalue weighted by Gasteiger charge is 2.21. The Bertz CT molecular complexity index is 571. The number of nitrogens with zero attached hydrogens (tertiary/aromatic N) is 1. The fourth-order valence-electron chi connectivity index (χ4n) is 2.37. The first-order valence-electron chi connectivity index (χ1n) is 7.40. The molecule has 1 aliphatic carbocycles. The maximum atomic E-state index is 4.20. The van der Waals surface area contributed by atoms with E-state index in [0.29, 0.717) is 0 Å². The van der Waals surface area contributed by atoms with Crippen LogP contribution < -0.4 is 5.32 Å². The minimum atomic E-state index is 0.197. The van der Waals surface area contributed by atoms with Crippen LogP contribution in [0.5, 0.6) is 0 Å². The molecule has 0 radical (unpaired) electrons. The van der Waals surface area contributed by atoms with Crippen LogP contribution in [0.15, 0.2) is 30.5 Å². The maximum absolute atomic E-state index is 4.20. The molecule has 0 unspecified atom stereocenters. The van der Waals surface area contributed by atoms with Crippen molar-refractivity contribution >= 4 is 0 Å². The summed E-state index contributed by atoms with van der Waals surface area (Å²) in [6, 6.07) is 9.53. The molecule has 0 saturated heterocycles. The SMILES string of the molecule is CC(C)(C)c1ccc(-c2[nH]ncc2CNC2CC2)cc1. The third-order valence-electron chi connectivity index (χ3n) is 3.92. The van der Waals surface area contributed by atoms with Gasteiger partial charge in [0.15, 0.2) is 0 Å². The summed E-state index contributed by atoms with van der Waals surface area (Å²) < 4.78 is 0. The number of H-pyrrole nitrogens is 1. The van der Waals surface area contributed by atoms with Crippen molar-refractivity contribution in [2.45, 2.75) is 51.6 Å². The maximum Gasteiger partial charge on any atom is 0.0695 e. The van der Waals surface area contributed by atoms with Crippen molar-refractivity contribution in [3.05, 3.63) is 41.6 Å². The first kappa shape index (κ1) is 13.4. The number of hydrogen-bond acceptors (Lipinski definition) is 2. The lowest BCUT2D eigenvalue weighted by molar-refractivity contribution is 0.590. The van der Waals surface area contributed by atoms with Gasteiger partial charge in [-0.2, -0.15) is 5.10 Å². The molecule has 2 N–H and O–H groups in total. The largest absolute Gasteiger partial charge is 0.310 e. The molecule has 1 aromatic heterocycles. The van der Waals surface area contributed by atoms with Crippen LogP contribution in [0.4, 0.5) is 0 Å². The molecule has 3 nitrogen and oxygen atoms in total. The monoisotopic (exact) mass is 269 g/mol. The Balaban J connectivity index is 1.79. The average molecular weight is 269 g/mol. The van der Waals surface area contributed by atoms with Gasteiger partial charge in [-0.15, -0.1) is 0 Å². The van der Waals surface area contributed by atoms with E-state index in [1.165, 1.54) is 29.5 Å². The summed E-state index contributed by atoms with van der Waals surface area (Å²) in [6.07, 6.45) is 4.56. The van der Waals surface area contributed by atoms with E-state index < -0.39 is 0 Å². The predicted octanol–water partition coefficient (Wildman–Crippen LogP) is 3.63. The zero-order chi connectivity index (χ0) is 14.2. The van der Waals surface area contributed by atoms with Crippen molar-refractivity contribution in [1.82, 2.24) is 15.5 Å². The predicted molar refractivity (Wildman–Crippen MR) is 82.6 cm³/mol. The molecule has 0 amide bonds. The number of aromatic amines is 1. The fraction of sp³-hybridized carbons (Fsp3) is 0.471. The van der Waals surface area contributed by atoms with Gasteiger partial charge < -0.3 is 5.32 Å². The second-order valence-electron chi connectivity index (χ2n) is 6.75. The van der Waals surface area contributed by atoms with Crippen molar-refractivity contribution in [2.24, 2.45) is 0 Å². The van der Waals surface area contributed by atoms with Gasteiger partial charge in [0.05, 0.1) is 11.9 Å². The summed E-state index contributed by atoms with van der Waals surface area (Å²) in [7, 11) is 0. The highest BCUT2D eigenvalue weighted by atomic mass is 15.1. The van der Waals surface area contributed by atoms with Crippen LogP contribution in [0.1, 0.15) is 44.7 Å². The molecule has 0 aliphatic heterocycles. The lowest BCUT2D eigenvalue weighted by Crippen LogP contribution is -2.15. The molecule has 1 aromatic carbocycles. The van der Waals surface area contributed by atoms with Gasteiger partial charge in [0.25, 0.3) is 0 Å². The number of benzene rings is 1. The molecular weight excluding hydrogens is 246 g/mol.